The van der Waals surface area contributed by atoms with E-state index >= 15 is 0 Å². The van der Waals surface area contributed by atoms with Crippen molar-refractivity contribution in [2.75, 3.05) is 39.8 Å². The average molecular weight is 567 g/mol. The number of rotatable bonds is 13. The normalized spacial score (nSPS) is 15.0. The first kappa shape index (κ1) is 30.9. The van der Waals surface area contributed by atoms with Crippen molar-refractivity contribution >= 4 is 29.7 Å². The Bertz CT molecular complexity index is 1380. The van der Waals surface area contributed by atoms with Crippen molar-refractivity contribution in [2.24, 2.45) is 5.73 Å². The maximum Gasteiger partial charge on any atom is 0.251 e. The van der Waals surface area contributed by atoms with E-state index in [-0.39, 0.29) is 18.2 Å². The molecule has 1 unspecified atom stereocenters. The van der Waals surface area contributed by atoms with Gasteiger partial charge in [0.2, 0.25) is 5.91 Å². The molecule has 7 heteroatoms. The van der Waals surface area contributed by atoms with E-state index in [1.165, 1.54) is 5.56 Å². The molecule has 0 aromatic heterocycles. The van der Waals surface area contributed by atoms with E-state index in [1.54, 1.807) is 36.4 Å². The van der Waals surface area contributed by atoms with E-state index in [9.17, 15) is 14.4 Å². The Morgan fingerprint density at radius 1 is 0.905 bits per heavy atom. The molecule has 42 heavy (non-hydrogen) atoms. The van der Waals surface area contributed by atoms with Crippen molar-refractivity contribution in [2.45, 2.75) is 38.6 Å². The molecule has 0 bridgehead atoms. The number of piperazine rings is 1. The van der Waals surface area contributed by atoms with Crippen LogP contribution in [0.3, 0.4) is 0 Å². The van der Waals surface area contributed by atoms with Crippen molar-refractivity contribution in [3.8, 4) is 0 Å². The number of carbonyl (C=O) groups is 3. The van der Waals surface area contributed by atoms with Gasteiger partial charge in [0, 0.05) is 49.8 Å². The predicted octanol–water partition coefficient (Wildman–Crippen LogP) is 4.98. The summed E-state index contributed by atoms with van der Waals surface area (Å²) in [5.41, 5.74) is 10.3. The Kier molecular flexibility index (Phi) is 11.2. The van der Waals surface area contributed by atoms with Gasteiger partial charge in [0.25, 0.3) is 5.91 Å². The Morgan fingerprint density at radius 2 is 1.62 bits per heavy atom. The zero-order valence-corrected chi connectivity index (χ0v) is 24.7. The van der Waals surface area contributed by atoms with Crippen molar-refractivity contribution in [3.63, 3.8) is 0 Å². The van der Waals surface area contributed by atoms with E-state index in [1.807, 2.05) is 24.3 Å². The van der Waals surface area contributed by atoms with E-state index in [2.05, 4.69) is 53.4 Å². The van der Waals surface area contributed by atoms with Crippen LogP contribution in [-0.4, -0.2) is 67.2 Å². The molecule has 1 fully saturated rings. The van der Waals surface area contributed by atoms with Gasteiger partial charge in [0.05, 0.1) is 6.54 Å². The fourth-order valence-corrected chi connectivity index (χ4v) is 5.35. The van der Waals surface area contributed by atoms with E-state index in [0.29, 0.717) is 23.1 Å². The van der Waals surface area contributed by atoms with Crippen LogP contribution in [-0.2, 0) is 11.3 Å². The molecule has 4 rings (SSSR count). The van der Waals surface area contributed by atoms with Crippen LogP contribution in [0.1, 0.15) is 75.1 Å². The quantitative estimate of drug-likeness (QED) is 0.285. The summed E-state index contributed by atoms with van der Waals surface area (Å²) in [6, 6.07) is 22.6. The number of hydrogen-bond donors (Lipinski definition) is 2. The predicted molar refractivity (Wildman–Crippen MR) is 169 cm³/mol. The number of nitrogens with two attached hydrogens (primary N) is 1. The summed E-state index contributed by atoms with van der Waals surface area (Å²) < 4.78 is 0. The number of primary amides is 1. The van der Waals surface area contributed by atoms with Crippen LogP contribution in [0, 0.1) is 0 Å². The molecule has 0 radical (unpaired) electrons. The topological polar surface area (TPSA) is 95.7 Å². The van der Waals surface area contributed by atoms with Gasteiger partial charge in [0.1, 0.15) is 0 Å². The molecule has 1 saturated heterocycles. The number of nitrogens with zero attached hydrogens (tertiary/aromatic N) is 2. The Labute approximate surface area is 249 Å². The summed E-state index contributed by atoms with van der Waals surface area (Å²) in [4.78, 5) is 43.4. The highest BCUT2D eigenvalue weighted by Crippen LogP contribution is 2.30. The lowest BCUT2D eigenvalue weighted by Crippen LogP contribution is -2.43. The minimum absolute atomic E-state index is 0.0964. The molecular weight excluding hydrogens is 524 g/mol. The number of nitrogens with one attached hydrogen (secondary N) is 1. The van der Waals surface area contributed by atoms with Gasteiger partial charge in [-0.2, -0.15) is 0 Å². The molecule has 1 heterocycles. The molecule has 0 spiro atoms. The van der Waals surface area contributed by atoms with Gasteiger partial charge in [0.15, 0.2) is 5.78 Å². The average Bonchev–Trinajstić information content (AvgIpc) is 3.01. The van der Waals surface area contributed by atoms with Crippen LogP contribution in [0.15, 0.2) is 72.8 Å². The molecule has 220 valence electrons. The molecule has 1 aliphatic rings. The summed E-state index contributed by atoms with van der Waals surface area (Å²) in [7, 11) is 2.16. The van der Waals surface area contributed by atoms with E-state index in [0.717, 1.165) is 56.7 Å². The summed E-state index contributed by atoms with van der Waals surface area (Å²) in [5, 5.41) is 2.77. The first-order chi connectivity index (χ1) is 20.4. The first-order valence-corrected chi connectivity index (χ1v) is 14.8. The highest BCUT2D eigenvalue weighted by atomic mass is 16.2. The molecule has 3 aromatic rings. The van der Waals surface area contributed by atoms with Crippen LogP contribution in [0.4, 0.5) is 0 Å². The number of amides is 2. The molecule has 3 aromatic carbocycles. The third-order valence-corrected chi connectivity index (χ3v) is 7.90. The monoisotopic (exact) mass is 566 g/mol. The van der Waals surface area contributed by atoms with Crippen LogP contribution < -0.4 is 11.1 Å². The Morgan fingerprint density at radius 3 is 2.29 bits per heavy atom. The smallest absolute Gasteiger partial charge is 0.251 e. The van der Waals surface area contributed by atoms with Crippen molar-refractivity contribution in [1.82, 2.24) is 15.1 Å². The molecule has 0 aliphatic carbocycles. The SMILES string of the molecule is CCCCC(C(=O)CNC(=O)c1ccccc1)c1cccc(C(N)=O)c1C=Cc1ccc(CN2CCN(C)CC2)cc1. The van der Waals surface area contributed by atoms with Gasteiger partial charge in [-0.05, 0) is 53.9 Å². The molecule has 2 amide bonds. The highest BCUT2D eigenvalue weighted by molar-refractivity contribution is 6.01. The number of hydrogen-bond acceptors (Lipinski definition) is 5. The fraction of sp³-hybridized carbons (Fsp3) is 0.343. The van der Waals surface area contributed by atoms with Gasteiger partial charge in [-0.25, -0.2) is 0 Å². The number of carbonyl (C=O) groups excluding carboxylic acids is 3. The zero-order chi connectivity index (χ0) is 29.9. The standard InChI is InChI=1S/C35H42N4O3/c1-3-4-11-31(33(40)24-37-35(42)28-9-6-5-7-10-28)29-12-8-13-32(34(36)41)30(29)19-18-26-14-16-27(17-15-26)25-39-22-20-38(2)21-23-39/h5-10,12-19,31H,3-4,11,20-25H2,1-2H3,(H2,36,41)(H,37,42). The number of ketones is 1. The van der Waals surface area contributed by atoms with E-state index in [4.69, 9.17) is 5.73 Å². The van der Waals surface area contributed by atoms with Crippen molar-refractivity contribution < 1.29 is 14.4 Å². The zero-order valence-electron chi connectivity index (χ0n) is 24.7. The fourth-order valence-electron chi connectivity index (χ4n) is 5.35. The second-order valence-corrected chi connectivity index (χ2v) is 11.0. The maximum atomic E-state index is 13.6. The van der Waals surface area contributed by atoms with Crippen LogP contribution in [0.2, 0.25) is 0 Å². The summed E-state index contributed by atoms with van der Waals surface area (Å²) in [6.45, 7) is 7.21. The minimum atomic E-state index is -0.543. The molecule has 1 aliphatic heterocycles. The summed E-state index contributed by atoms with van der Waals surface area (Å²) in [5.74, 6) is -1.42. The number of unbranched alkanes of at least 4 members (excludes halogenated alkanes) is 1. The van der Waals surface area contributed by atoms with Crippen LogP contribution >= 0.6 is 0 Å². The van der Waals surface area contributed by atoms with Crippen LogP contribution in [0.5, 0.6) is 0 Å². The largest absolute Gasteiger partial charge is 0.366 e. The highest BCUT2D eigenvalue weighted by Gasteiger charge is 2.25. The third kappa shape index (κ3) is 8.47. The van der Waals surface area contributed by atoms with Crippen molar-refractivity contribution in [3.05, 3.63) is 106 Å². The van der Waals surface area contributed by atoms with Gasteiger partial charge in [-0.1, -0.05) is 86.5 Å². The van der Waals surface area contributed by atoms with Gasteiger partial charge in [-0.3, -0.25) is 19.3 Å². The first-order valence-electron chi connectivity index (χ1n) is 14.8. The molecule has 3 N–H and O–H groups in total. The Balaban J connectivity index is 1.54. The van der Waals surface area contributed by atoms with Crippen molar-refractivity contribution in [1.29, 1.82) is 0 Å². The van der Waals surface area contributed by atoms with Gasteiger partial charge in [-0.15, -0.1) is 0 Å². The van der Waals surface area contributed by atoms with E-state index < -0.39 is 11.8 Å². The van der Waals surface area contributed by atoms with Gasteiger partial charge >= 0.3 is 0 Å². The third-order valence-electron chi connectivity index (χ3n) is 7.90. The lowest BCUT2D eigenvalue weighted by Gasteiger charge is -2.32. The lowest BCUT2D eigenvalue weighted by molar-refractivity contribution is -0.119. The lowest BCUT2D eigenvalue weighted by atomic mass is 9.84. The molecular formula is C35H42N4O3. The second kappa shape index (κ2) is 15.2. The Hall–Kier alpha value is -4.07. The minimum Gasteiger partial charge on any atom is -0.366 e. The number of likely N-dealkylation sites (N-methyl/N-ethyl adjacent to an activating group) is 1. The molecule has 7 nitrogen and oxygen atoms in total. The molecule has 1 atom stereocenters. The molecule has 0 saturated carbocycles. The van der Waals surface area contributed by atoms with Crippen LogP contribution in [0.25, 0.3) is 12.2 Å². The summed E-state index contributed by atoms with van der Waals surface area (Å²) in [6.07, 6.45) is 6.22. The number of Topliss-reactive ketones (excluding diaryl/α,β-unsaturated/α-hetero) is 1. The number of benzene rings is 3. The van der Waals surface area contributed by atoms with Gasteiger partial charge < -0.3 is 16.0 Å². The second-order valence-electron chi connectivity index (χ2n) is 11.0. The summed E-state index contributed by atoms with van der Waals surface area (Å²) >= 11 is 0. The maximum absolute atomic E-state index is 13.6.